The van der Waals surface area contributed by atoms with Crippen LogP contribution in [0, 0.1) is 11.3 Å². The number of hydrogen-bond acceptors (Lipinski definition) is 1. The Morgan fingerprint density at radius 3 is 2.40 bits per heavy atom. The Hall–Kier alpha value is -1.31. The molecule has 110 valence electrons. The summed E-state index contributed by atoms with van der Waals surface area (Å²) in [6, 6.07) is 10.5. The lowest BCUT2D eigenvalue weighted by Crippen LogP contribution is -2.33. The first-order valence-electron chi connectivity index (χ1n) is 7.74. The highest BCUT2D eigenvalue weighted by Crippen LogP contribution is 2.36. The largest absolute Gasteiger partial charge is 0.336 e. The van der Waals surface area contributed by atoms with Crippen LogP contribution in [0.25, 0.3) is 0 Å². The summed E-state index contributed by atoms with van der Waals surface area (Å²) in [5, 5.41) is 0. The van der Waals surface area contributed by atoms with Gasteiger partial charge in [-0.05, 0) is 36.7 Å². The molecular formula is C18H27NO. The van der Waals surface area contributed by atoms with Crippen molar-refractivity contribution in [2.75, 3.05) is 6.54 Å². The summed E-state index contributed by atoms with van der Waals surface area (Å²) in [4.78, 5) is 14.5. The molecule has 0 spiro atoms. The normalized spacial score (nSPS) is 22.5. The Labute approximate surface area is 123 Å². The molecule has 1 saturated heterocycles. The fourth-order valence-corrected chi connectivity index (χ4v) is 3.19. The van der Waals surface area contributed by atoms with Crippen molar-refractivity contribution < 1.29 is 4.79 Å². The third-order valence-corrected chi connectivity index (χ3v) is 4.72. The number of rotatable bonds is 2. The second-order valence-electron chi connectivity index (χ2n) is 7.06. The molecule has 1 aliphatic heterocycles. The van der Waals surface area contributed by atoms with Gasteiger partial charge in [0, 0.05) is 13.0 Å². The highest BCUT2D eigenvalue weighted by molar-refractivity contribution is 5.77. The van der Waals surface area contributed by atoms with Crippen LogP contribution in [0.2, 0.25) is 0 Å². The van der Waals surface area contributed by atoms with Crippen LogP contribution in [0.4, 0.5) is 0 Å². The minimum absolute atomic E-state index is 0.183. The minimum atomic E-state index is 0.183. The van der Waals surface area contributed by atoms with Crippen LogP contribution < -0.4 is 0 Å². The number of amides is 1. The molecule has 20 heavy (non-hydrogen) atoms. The summed E-state index contributed by atoms with van der Waals surface area (Å²) in [5.41, 5.74) is 1.53. The van der Waals surface area contributed by atoms with Gasteiger partial charge in [0.05, 0.1) is 6.04 Å². The molecule has 1 fully saturated rings. The molecule has 0 aliphatic carbocycles. The molecule has 1 aromatic carbocycles. The first kappa shape index (κ1) is 15.1. The number of carbonyl (C=O) groups excluding carboxylic acids is 1. The smallest absolute Gasteiger partial charge is 0.223 e. The van der Waals surface area contributed by atoms with Gasteiger partial charge in [0.1, 0.15) is 0 Å². The van der Waals surface area contributed by atoms with E-state index in [-0.39, 0.29) is 6.04 Å². The lowest BCUT2D eigenvalue weighted by Gasteiger charge is -2.31. The van der Waals surface area contributed by atoms with Crippen molar-refractivity contribution in [2.24, 2.45) is 11.3 Å². The van der Waals surface area contributed by atoms with Crippen LogP contribution >= 0.6 is 0 Å². The van der Waals surface area contributed by atoms with Gasteiger partial charge >= 0.3 is 0 Å². The van der Waals surface area contributed by atoms with E-state index >= 15 is 0 Å². The molecule has 1 aliphatic rings. The molecule has 1 heterocycles. The number of nitrogens with zero attached hydrogens (tertiary/aromatic N) is 1. The average molecular weight is 273 g/mol. The van der Waals surface area contributed by atoms with Gasteiger partial charge in [-0.15, -0.1) is 0 Å². The van der Waals surface area contributed by atoms with Crippen molar-refractivity contribution in [3.63, 3.8) is 0 Å². The van der Waals surface area contributed by atoms with Crippen molar-refractivity contribution >= 4 is 5.91 Å². The van der Waals surface area contributed by atoms with Gasteiger partial charge in [0.15, 0.2) is 0 Å². The molecule has 1 aromatic rings. The van der Waals surface area contributed by atoms with Crippen LogP contribution in [0.5, 0.6) is 0 Å². The summed E-state index contributed by atoms with van der Waals surface area (Å²) < 4.78 is 0. The molecule has 2 nitrogen and oxygen atoms in total. The molecule has 2 heteroatoms. The highest BCUT2D eigenvalue weighted by atomic mass is 16.2. The van der Waals surface area contributed by atoms with E-state index in [0.717, 1.165) is 19.4 Å². The van der Waals surface area contributed by atoms with Gasteiger partial charge in [-0.3, -0.25) is 4.79 Å². The van der Waals surface area contributed by atoms with Crippen LogP contribution in [0.1, 0.15) is 58.6 Å². The zero-order valence-electron chi connectivity index (χ0n) is 13.2. The lowest BCUT2D eigenvalue weighted by atomic mass is 9.76. The van der Waals surface area contributed by atoms with Crippen LogP contribution in [0.3, 0.4) is 0 Å². The fraction of sp³-hybridized carbons (Fsp3) is 0.611. The van der Waals surface area contributed by atoms with Gasteiger partial charge in [-0.2, -0.15) is 0 Å². The summed E-state index contributed by atoms with van der Waals surface area (Å²) >= 11 is 0. The molecule has 0 N–H and O–H groups in total. The standard InChI is InChI=1S/C18H27NO/c1-14(15-8-6-5-7-9-15)19-13-12-16(18(2,3)4)10-11-17(19)20/h5-9,14,16H,10-13H2,1-4H3. The van der Waals surface area contributed by atoms with E-state index in [9.17, 15) is 4.79 Å². The van der Waals surface area contributed by atoms with Crippen molar-refractivity contribution in [3.8, 4) is 0 Å². The van der Waals surface area contributed by atoms with Gasteiger partial charge in [-0.25, -0.2) is 0 Å². The summed E-state index contributed by atoms with van der Waals surface area (Å²) in [6.45, 7) is 9.90. The molecule has 2 unspecified atom stereocenters. The van der Waals surface area contributed by atoms with Gasteiger partial charge in [0.25, 0.3) is 0 Å². The zero-order valence-corrected chi connectivity index (χ0v) is 13.2. The van der Waals surface area contributed by atoms with Crippen molar-refractivity contribution in [1.29, 1.82) is 0 Å². The summed E-state index contributed by atoms with van der Waals surface area (Å²) in [6.07, 6.45) is 2.84. The monoisotopic (exact) mass is 273 g/mol. The van der Waals surface area contributed by atoms with Crippen molar-refractivity contribution in [2.45, 2.75) is 53.0 Å². The summed E-state index contributed by atoms with van der Waals surface area (Å²) in [7, 11) is 0. The molecule has 0 bridgehead atoms. The first-order valence-corrected chi connectivity index (χ1v) is 7.74. The molecule has 2 atom stereocenters. The Morgan fingerprint density at radius 1 is 1.15 bits per heavy atom. The molecule has 2 rings (SSSR count). The number of carbonyl (C=O) groups is 1. The lowest BCUT2D eigenvalue weighted by molar-refractivity contribution is -0.132. The van der Waals surface area contributed by atoms with Crippen molar-refractivity contribution in [1.82, 2.24) is 4.90 Å². The van der Waals surface area contributed by atoms with Crippen LogP contribution in [0.15, 0.2) is 30.3 Å². The summed E-state index contributed by atoms with van der Waals surface area (Å²) in [5.74, 6) is 0.951. The van der Waals surface area contributed by atoms with Crippen LogP contribution in [-0.4, -0.2) is 17.4 Å². The molecule has 1 amide bonds. The topological polar surface area (TPSA) is 20.3 Å². The molecule has 0 radical (unpaired) electrons. The molecule has 0 aromatic heterocycles. The Bertz CT molecular complexity index is 446. The maximum absolute atomic E-state index is 12.4. The number of likely N-dealkylation sites (tertiary alicyclic amines) is 1. The maximum atomic E-state index is 12.4. The Morgan fingerprint density at radius 2 is 1.80 bits per heavy atom. The van der Waals surface area contributed by atoms with E-state index < -0.39 is 0 Å². The number of benzene rings is 1. The Balaban J connectivity index is 2.11. The van der Waals surface area contributed by atoms with E-state index in [1.165, 1.54) is 5.56 Å². The highest BCUT2D eigenvalue weighted by Gasteiger charge is 2.31. The predicted molar refractivity (Wildman–Crippen MR) is 83.4 cm³/mol. The maximum Gasteiger partial charge on any atom is 0.223 e. The number of hydrogen-bond donors (Lipinski definition) is 0. The van der Waals surface area contributed by atoms with E-state index in [1.807, 2.05) is 18.2 Å². The zero-order chi connectivity index (χ0) is 14.8. The SMILES string of the molecule is CC(c1ccccc1)N1CCC(C(C)(C)C)CCC1=O. The second-order valence-corrected chi connectivity index (χ2v) is 7.06. The van der Waals surface area contributed by atoms with Gasteiger partial charge in [-0.1, -0.05) is 51.1 Å². The Kier molecular flexibility index (Phi) is 4.52. The third kappa shape index (κ3) is 3.41. The molecule has 0 saturated carbocycles. The minimum Gasteiger partial charge on any atom is -0.336 e. The predicted octanol–water partition coefficient (Wildman–Crippen LogP) is 4.42. The molecular weight excluding hydrogens is 246 g/mol. The first-order chi connectivity index (χ1) is 9.39. The average Bonchev–Trinajstić information content (AvgIpc) is 2.60. The van der Waals surface area contributed by atoms with E-state index in [2.05, 4.69) is 44.7 Å². The van der Waals surface area contributed by atoms with Gasteiger partial charge in [0.2, 0.25) is 5.91 Å². The quantitative estimate of drug-likeness (QED) is 0.781. The fourth-order valence-electron chi connectivity index (χ4n) is 3.19. The van der Waals surface area contributed by atoms with Crippen molar-refractivity contribution in [3.05, 3.63) is 35.9 Å². The third-order valence-electron chi connectivity index (χ3n) is 4.72. The van der Waals surface area contributed by atoms with E-state index in [4.69, 9.17) is 0 Å². The van der Waals surface area contributed by atoms with Crippen LogP contribution in [-0.2, 0) is 4.79 Å². The van der Waals surface area contributed by atoms with E-state index in [1.54, 1.807) is 0 Å². The van der Waals surface area contributed by atoms with E-state index in [0.29, 0.717) is 23.7 Å². The van der Waals surface area contributed by atoms with Gasteiger partial charge < -0.3 is 4.90 Å². The second kappa shape index (κ2) is 5.99.